The van der Waals surface area contributed by atoms with Crippen molar-refractivity contribution >= 4 is 5.82 Å². The van der Waals surface area contributed by atoms with Gasteiger partial charge in [-0.05, 0) is 19.3 Å². The number of anilines is 1. The summed E-state index contributed by atoms with van der Waals surface area (Å²) in [5.41, 5.74) is 1.13. The summed E-state index contributed by atoms with van der Waals surface area (Å²) in [4.78, 5) is 8.56. The van der Waals surface area contributed by atoms with E-state index in [1.54, 1.807) is 6.33 Å². The minimum Gasteiger partial charge on any atom is -0.367 e. The molecule has 1 aromatic rings. The summed E-state index contributed by atoms with van der Waals surface area (Å²) in [6.07, 6.45) is 6.22. The van der Waals surface area contributed by atoms with Crippen molar-refractivity contribution in [2.45, 2.75) is 59.4 Å². The smallest absolute Gasteiger partial charge is 0.129 e. The predicted octanol–water partition coefficient (Wildman–Crippen LogP) is 3.67. The Kier molecular flexibility index (Phi) is 5.95. The van der Waals surface area contributed by atoms with Crippen LogP contribution in [0.5, 0.6) is 0 Å². The summed E-state index contributed by atoms with van der Waals surface area (Å²) in [6, 6.07) is 2.54. The van der Waals surface area contributed by atoms with Crippen LogP contribution < -0.4 is 5.32 Å². The third kappa shape index (κ3) is 4.33. The molecule has 0 aliphatic carbocycles. The van der Waals surface area contributed by atoms with Gasteiger partial charge in [-0.25, -0.2) is 9.97 Å². The molecule has 0 spiro atoms. The fourth-order valence-electron chi connectivity index (χ4n) is 2.22. The molecule has 0 fully saturated rings. The summed E-state index contributed by atoms with van der Waals surface area (Å²) in [5.74, 6) is 1.67. The highest BCUT2D eigenvalue weighted by Crippen LogP contribution is 2.17. The Morgan fingerprint density at radius 3 is 2.47 bits per heavy atom. The van der Waals surface area contributed by atoms with Crippen molar-refractivity contribution in [3.8, 4) is 0 Å². The third-order valence-electron chi connectivity index (χ3n) is 3.36. The van der Waals surface area contributed by atoms with Crippen molar-refractivity contribution in [2.24, 2.45) is 5.92 Å². The zero-order valence-corrected chi connectivity index (χ0v) is 11.5. The molecule has 0 amide bonds. The maximum atomic E-state index is 4.29. The summed E-state index contributed by atoms with van der Waals surface area (Å²) < 4.78 is 0. The van der Waals surface area contributed by atoms with Crippen LogP contribution in [-0.4, -0.2) is 16.0 Å². The van der Waals surface area contributed by atoms with Crippen LogP contribution in [0.3, 0.4) is 0 Å². The Labute approximate surface area is 105 Å². The Morgan fingerprint density at radius 1 is 1.18 bits per heavy atom. The van der Waals surface area contributed by atoms with Gasteiger partial charge >= 0.3 is 0 Å². The molecular weight excluding hydrogens is 210 g/mol. The maximum Gasteiger partial charge on any atom is 0.129 e. The average molecular weight is 235 g/mol. The first-order chi connectivity index (χ1) is 8.21. The van der Waals surface area contributed by atoms with Gasteiger partial charge in [-0.3, -0.25) is 0 Å². The van der Waals surface area contributed by atoms with Gasteiger partial charge in [0.15, 0.2) is 0 Å². The molecular formula is C14H25N3. The molecule has 0 aliphatic heterocycles. The van der Waals surface area contributed by atoms with Crippen molar-refractivity contribution in [3.63, 3.8) is 0 Å². The topological polar surface area (TPSA) is 37.8 Å². The number of aryl methyl sites for hydroxylation is 1. The van der Waals surface area contributed by atoms with Crippen LogP contribution in [0.1, 0.15) is 52.7 Å². The molecule has 0 radical (unpaired) electrons. The number of hydrogen-bond donors (Lipinski definition) is 1. The van der Waals surface area contributed by atoms with Crippen LogP contribution in [0.15, 0.2) is 12.4 Å². The molecule has 96 valence electrons. The fraction of sp³-hybridized carbons (Fsp3) is 0.714. The van der Waals surface area contributed by atoms with E-state index in [2.05, 4.69) is 49.0 Å². The minimum atomic E-state index is 0.467. The molecule has 1 aromatic heterocycles. The lowest BCUT2D eigenvalue weighted by atomic mass is 9.95. The molecule has 0 saturated heterocycles. The Hall–Kier alpha value is -1.12. The molecule has 3 nitrogen and oxygen atoms in total. The Bertz CT molecular complexity index is 321. The first-order valence-corrected chi connectivity index (χ1v) is 6.78. The summed E-state index contributed by atoms with van der Waals surface area (Å²) in [7, 11) is 0. The van der Waals surface area contributed by atoms with Crippen LogP contribution >= 0.6 is 0 Å². The van der Waals surface area contributed by atoms with Crippen LogP contribution in [0, 0.1) is 5.92 Å². The molecule has 0 bridgehead atoms. The predicted molar refractivity (Wildman–Crippen MR) is 73.2 cm³/mol. The normalized spacial score (nSPS) is 12.8. The molecule has 0 aliphatic rings. The molecule has 17 heavy (non-hydrogen) atoms. The van der Waals surface area contributed by atoms with E-state index in [0.29, 0.717) is 12.0 Å². The molecule has 1 unspecified atom stereocenters. The van der Waals surface area contributed by atoms with Gasteiger partial charge in [0.05, 0.1) is 0 Å². The van der Waals surface area contributed by atoms with E-state index in [1.807, 2.05) is 0 Å². The number of nitrogens with one attached hydrogen (secondary N) is 1. The average Bonchev–Trinajstić information content (AvgIpc) is 2.31. The largest absolute Gasteiger partial charge is 0.367 e. The molecule has 0 saturated carbocycles. The van der Waals surface area contributed by atoms with Crippen molar-refractivity contribution < 1.29 is 0 Å². The lowest BCUT2D eigenvalue weighted by Crippen LogP contribution is -2.25. The quantitative estimate of drug-likeness (QED) is 0.783. The van der Waals surface area contributed by atoms with Crippen molar-refractivity contribution in [3.05, 3.63) is 18.1 Å². The van der Waals surface area contributed by atoms with Crippen molar-refractivity contribution in [1.29, 1.82) is 0 Å². The standard InChI is InChI=1S/C14H25N3/c1-5-8-13-9-14(16-10-15-13)17-11(4)12(6-2)7-3/h9-12H,5-8H2,1-4H3,(H,15,16,17). The number of aromatic nitrogens is 2. The van der Waals surface area contributed by atoms with E-state index >= 15 is 0 Å². The van der Waals surface area contributed by atoms with Gasteiger partial charge in [0.2, 0.25) is 0 Å². The second kappa shape index (κ2) is 7.25. The minimum absolute atomic E-state index is 0.467. The monoisotopic (exact) mass is 235 g/mol. The fourth-order valence-corrected chi connectivity index (χ4v) is 2.22. The number of hydrogen-bond acceptors (Lipinski definition) is 3. The van der Waals surface area contributed by atoms with E-state index in [-0.39, 0.29) is 0 Å². The second-order valence-electron chi connectivity index (χ2n) is 4.65. The first-order valence-electron chi connectivity index (χ1n) is 6.78. The van der Waals surface area contributed by atoms with Crippen LogP contribution in [0.2, 0.25) is 0 Å². The van der Waals surface area contributed by atoms with Gasteiger partial charge in [-0.1, -0.05) is 40.0 Å². The summed E-state index contributed by atoms with van der Waals surface area (Å²) >= 11 is 0. The summed E-state index contributed by atoms with van der Waals surface area (Å²) in [6.45, 7) is 8.89. The van der Waals surface area contributed by atoms with Gasteiger partial charge in [0.25, 0.3) is 0 Å². The number of nitrogens with zero attached hydrogens (tertiary/aromatic N) is 2. The van der Waals surface area contributed by atoms with Crippen LogP contribution in [0.25, 0.3) is 0 Å². The highest BCUT2D eigenvalue weighted by atomic mass is 15.0. The van der Waals surface area contributed by atoms with E-state index in [0.717, 1.165) is 24.4 Å². The SMILES string of the molecule is CCCc1cc(NC(C)C(CC)CC)ncn1. The van der Waals surface area contributed by atoms with Crippen molar-refractivity contribution in [1.82, 2.24) is 9.97 Å². The van der Waals surface area contributed by atoms with Gasteiger partial charge in [0.1, 0.15) is 12.1 Å². The molecule has 3 heteroatoms. The summed E-state index contributed by atoms with van der Waals surface area (Å²) in [5, 5.41) is 3.49. The van der Waals surface area contributed by atoms with E-state index in [1.165, 1.54) is 12.8 Å². The van der Waals surface area contributed by atoms with Crippen LogP contribution in [-0.2, 0) is 6.42 Å². The van der Waals surface area contributed by atoms with E-state index < -0.39 is 0 Å². The zero-order valence-electron chi connectivity index (χ0n) is 11.5. The van der Waals surface area contributed by atoms with E-state index in [9.17, 15) is 0 Å². The Balaban J connectivity index is 2.63. The zero-order chi connectivity index (χ0) is 12.7. The van der Waals surface area contributed by atoms with Gasteiger partial charge in [0, 0.05) is 17.8 Å². The van der Waals surface area contributed by atoms with Gasteiger partial charge in [-0.2, -0.15) is 0 Å². The molecule has 1 N–H and O–H groups in total. The molecule has 0 aromatic carbocycles. The molecule has 1 atom stereocenters. The second-order valence-corrected chi connectivity index (χ2v) is 4.65. The highest BCUT2D eigenvalue weighted by Gasteiger charge is 2.13. The van der Waals surface area contributed by atoms with Crippen molar-refractivity contribution in [2.75, 3.05) is 5.32 Å². The maximum absolute atomic E-state index is 4.29. The molecule has 1 heterocycles. The number of rotatable bonds is 7. The lowest BCUT2D eigenvalue weighted by molar-refractivity contribution is 0.437. The van der Waals surface area contributed by atoms with Gasteiger partial charge in [-0.15, -0.1) is 0 Å². The highest BCUT2D eigenvalue weighted by molar-refractivity contribution is 5.36. The Morgan fingerprint density at radius 2 is 1.88 bits per heavy atom. The van der Waals surface area contributed by atoms with E-state index in [4.69, 9.17) is 0 Å². The van der Waals surface area contributed by atoms with Crippen LogP contribution in [0.4, 0.5) is 5.82 Å². The molecule has 1 rings (SSSR count). The third-order valence-corrected chi connectivity index (χ3v) is 3.36. The lowest BCUT2D eigenvalue weighted by Gasteiger charge is -2.23. The van der Waals surface area contributed by atoms with Gasteiger partial charge < -0.3 is 5.32 Å². The first kappa shape index (κ1) is 13.9.